The number of nitrogens with two attached hydrogens (primary N) is 1. The van der Waals surface area contributed by atoms with Gasteiger partial charge in [0.05, 0.1) is 5.92 Å². The number of nitrogens with zero attached hydrogens (tertiary/aromatic N) is 1. The molecular formula is C15H27N3O. The number of hydrogen-bond donors (Lipinski definition) is 2. The summed E-state index contributed by atoms with van der Waals surface area (Å²) >= 11 is 0. The average molecular weight is 265 g/mol. The molecule has 1 saturated carbocycles. The third-order valence-corrected chi connectivity index (χ3v) is 5.62. The number of hydrogen-bond acceptors (Lipinski definition) is 3. The molecular weight excluding hydrogens is 238 g/mol. The Morgan fingerprint density at radius 2 is 1.95 bits per heavy atom. The van der Waals surface area contributed by atoms with Crippen molar-refractivity contribution < 1.29 is 4.79 Å². The molecule has 4 atom stereocenters. The van der Waals surface area contributed by atoms with Gasteiger partial charge in [-0.2, -0.15) is 0 Å². The number of fused-ring (bicyclic) bond motifs is 3. The molecule has 4 rings (SSSR count). The molecule has 0 aromatic carbocycles. The molecule has 1 amide bonds. The van der Waals surface area contributed by atoms with Gasteiger partial charge in [0, 0.05) is 18.6 Å². The van der Waals surface area contributed by atoms with E-state index in [9.17, 15) is 4.79 Å². The lowest BCUT2D eigenvalue weighted by Gasteiger charge is -2.45. The summed E-state index contributed by atoms with van der Waals surface area (Å²) in [6, 6.07) is 0.425. The molecule has 3 heterocycles. The molecule has 3 aliphatic heterocycles. The minimum Gasteiger partial charge on any atom is -0.352 e. The zero-order chi connectivity index (χ0) is 13.4. The molecule has 3 N–H and O–H groups in total. The second-order valence-electron chi connectivity index (χ2n) is 6.85. The third-order valence-electron chi connectivity index (χ3n) is 5.62. The molecule has 108 valence electrons. The van der Waals surface area contributed by atoms with Gasteiger partial charge in [-0.3, -0.25) is 4.79 Å². The molecule has 0 aromatic heterocycles. The number of carbonyl (C=O) groups excluding carboxylic acids is 1. The Morgan fingerprint density at radius 1 is 1.21 bits per heavy atom. The molecule has 0 spiro atoms. The van der Waals surface area contributed by atoms with Gasteiger partial charge in [0.2, 0.25) is 5.91 Å². The summed E-state index contributed by atoms with van der Waals surface area (Å²) in [6.45, 7) is 5.67. The van der Waals surface area contributed by atoms with E-state index in [1.807, 2.05) is 0 Å². The summed E-state index contributed by atoms with van der Waals surface area (Å²) in [5.41, 5.74) is 6.23. The molecule has 4 fully saturated rings. The number of carbonyl (C=O) groups is 1. The van der Waals surface area contributed by atoms with E-state index in [4.69, 9.17) is 5.73 Å². The van der Waals surface area contributed by atoms with Gasteiger partial charge in [-0.25, -0.2) is 0 Å². The standard InChI is InChI=1S/C15H27N3O/c1-10-3-2-4-12(14(10)16)15(19)17-13-9-18-7-5-11(13)6-8-18/h10-14H,2-9,16H2,1H3,(H,17,19). The second-order valence-corrected chi connectivity index (χ2v) is 6.85. The van der Waals surface area contributed by atoms with Gasteiger partial charge in [0.15, 0.2) is 0 Å². The minimum absolute atomic E-state index is 0.0409. The van der Waals surface area contributed by atoms with Crippen LogP contribution in [0.3, 0.4) is 0 Å². The number of piperidine rings is 3. The summed E-state index contributed by atoms with van der Waals surface area (Å²) < 4.78 is 0. The average Bonchev–Trinajstić information content (AvgIpc) is 2.43. The van der Waals surface area contributed by atoms with Crippen molar-refractivity contribution in [3.05, 3.63) is 0 Å². The highest BCUT2D eigenvalue weighted by Crippen LogP contribution is 2.30. The van der Waals surface area contributed by atoms with Crippen LogP contribution in [0.4, 0.5) is 0 Å². The number of rotatable bonds is 2. The fourth-order valence-electron chi connectivity index (χ4n) is 4.17. The van der Waals surface area contributed by atoms with E-state index < -0.39 is 0 Å². The van der Waals surface area contributed by atoms with Crippen LogP contribution < -0.4 is 11.1 Å². The van der Waals surface area contributed by atoms with Gasteiger partial charge in [0.1, 0.15) is 0 Å². The van der Waals surface area contributed by atoms with Gasteiger partial charge < -0.3 is 16.0 Å². The molecule has 4 aliphatic rings. The topological polar surface area (TPSA) is 58.4 Å². The van der Waals surface area contributed by atoms with Crippen molar-refractivity contribution in [1.82, 2.24) is 10.2 Å². The van der Waals surface area contributed by atoms with Gasteiger partial charge in [-0.1, -0.05) is 13.3 Å². The Hall–Kier alpha value is -0.610. The Bertz CT molecular complexity index is 338. The summed E-state index contributed by atoms with van der Waals surface area (Å²) in [5, 5.41) is 3.31. The van der Waals surface area contributed by atoms with Crippen LogP contribution in [-0.2, 0) is 4.79 Å². The van der Waals surface area contributed by atoms with Crippen LogP contribution in [0.5, 0.6) is 0 Å². The fraction of sp³-hybridized carbons (Fsp3) is 0.933. The first kappa shape index (κ1) is 13.4. The summed E-state index contributed by atoms with van der Waals surface area (Å²) in [7, 11) is 0. The SMILES string of the molecule is CC1CCCC(C(=O)NC2CN3CCC2CC3)C1N. The lowest BCUT2D eigenvalue weighted by atomic mass is 9.77. The van der Waals surface area contributed by atoms with E-state index >= 15 is 0 Å². The van der Waals surface area contributed by atoms with Crippen molar-refractivity contribution in [3.8, 4) is 0 Å². The van der Waals surface area contributed by atoms with Gasteiger partial charge in [0.25, 0.3) is 0 Å². The predicted molar refractivity (Wildman–Crippen MR) is 75.6 cm³/mol. The van der Waals surface area contributed by atoms with Crippen LogP contribution in [0.25, 0.3) is 0 Å². The van der Waals surface area contributed by atoms with Crippen molar-refractivity contribution in [1.29, 1.82) is 0 Å². The van der Waals surface area contributed by atoms with Crippen LogP contribution in [-0.4, -0.2) is 42.5 Å². The zero-order valence-electron chi connectivity index (χ0n) is 12.0. The van der Waals surface area contributed by atoms with Gasteiger partial charge in [-0.15, -0.1) is 0 Å². The molecule has 4 unspecified atom stereocenters. The lowest BCUT2D eigenvalue weighted by molar-refractivity contribution is -0.129. The van der Waals surface area contributed by atoms with E-state index in [0.717, 1.165) is 19.4 Å². The summed E-state index contributed by atoms with van der Waals surface area (Å²) in [6.07, 6.45) is 5.78. The number of nitrogens with one attached hydrogen (secondary N) is 1. The van der Waals surface area contributed by atoms with Crippen LogP contribution >= 0.6 is 0 Å². The maximum Gasteiger partial charge on any atom is 0.224 e. The van der Waals surface area contributed by atoms with Crippen LogP contribution in [0.1, 0.15) is 39.0 Å². The highest BCUT2D eigenvalue weighted by atomic mass is 16.2. The highest BCUT2D eigenvalue weighted by molar-refractivity contribution is 5.80. The molecule has 4 nitrogen and oxygen atoms in total. The molecule has 4 heteroatoms. The van der Waals surface area contributed by atoms with Crippen molar-refractivity contribution in [3.63, 3.8) is 0 Å². The predicted octanol–water partition coefficient (Wildman–Crippen LogP) is 0.960. The van der Waals surface area contributed by atoms with E-state index in [2.05, 4.69) is 17.1 Å². The smallest absolute Gasteiger partial charge is 0.224 e. The van der Waals surface area contributed by atoms with Gasteiger partial charge >= 0.3 is 0 Å². The van der Waals surface area contributed by atoms with Crippen molar-refractivity contribution in [2.45, 2.75) is 51.1 Å². The molecule has 0 aromatic rings. The van der Waals surface area contributed by atoms with Crippen LogP contribution in [0, 0.1) is 17.8 Å². The largest absolute Gasteiger partial charge is 0.352 e. The fourth-order valence-corrected chi connectivity index (χ4v) is 4.17. The monoisotopic (exact) mass is 265 g/mol. The Morgan fingerprint density at radius 3 is 2.58 bits per heavy atom. The van der Waals surface area contributed by atoms with Crippen LogP contribution in [0.2, 0.25) is 0 Å². The summed E-state index contributed by atoms with van der Waals surface area (Å²) in [4.78, 5) is 15.0. The van der Waals surface area contributed by atoms with E-state index in [1.165, 1.54) is 32.4 Å². The highest BCUT2D eigenvalue weighted by Gasteiger charge is 2.38. The minimum atomic E-state index is 0.0409. The van der Waals surface area contributed by atoms with E-state index in [0.29, 0.717) is 17.9 Å². The van der Waals surface area contributed by atoms with Crippen LogP contribution in [0.15, 0.2) is 0 Å². The molecule has 1 aliphatic carbocycles. The maximum atomic E-state index is 12.5. The maximum absolute atomic E-state index is 12.5. The third kappa shape index (κ3) is 2.65. The number of amides is 1. The Kier molecular flexibility index (Phi) is 3.81. The zero-order valence-corrected chi connectivity index (χ0v) is 12.0. The Balaban J connectivity index is 1.59. The van der Waals surface area contributed by atoms with Crippen molar-refractivity contribution in [2.24, 2.45) is 23.5 Å². The lowest BCUT2D eigenvalue weighted by Crippen LogP contribution is -2.59. The van der Waals surface area contributed by atoms with E-state index in [1.54, 1.807) is 0 Å². The van der Waals surface area contributed by atoms with Crippen molar-refractivity contribution in [2.75, 3.05) is 19.6 Å². The first-order valence-corrected chi connectivity index (χ1v) is 7.93. The molecule has 19 heavy (non-hydrogen) atoms. The van der Waals surface area contributed by atoms with Gasteiger partial charge in [-0.05, 0) is 50.6 Å². The first-order chi connectivity index (χ1) is 9.15. The molecule has 2 bridgehead atoms. The van der Waals surface area contributed by atoms with E-state index in [-0.39, 0.29) is 17.9 Å². The second kappa shape index (κ2) is 5.41. The summed E-state index contributed by atoms with van der Waals surface area (Å²) in [5.74, 6) is 1.44. The quantitative estimate of drug-likeness (QED) is 0.782. The molecule has 0 radical (unpaired) electrons. The van der Waals surface area contributed by atoms with Crippen molar-refractivity contribution >= 4 is 5.91 Å². The first-order valence-electron chi connectivity index (χ1n) is 7.93. The Labute approximate surface area is 116 Å². The molecule has 3 saturated heterocycles. The normalized spacial score (nSPS) is 46.0.